The van der Waals surface area contributed by atoms with Gasteiger partial charge in [0.05, 0.1) is 8.81 Å². The minimum atomic E-state index is -3.44. The highest BCUT2D eigenvalue weighted by Gasteiger charge is 2.34. The lowest BCUT2D eigenvalue weighted by Crippen LogP contribution is -2.39. The molecule has 0 N–H and O–H groups in total. The maximum Gasteiger partial charge on any atom is 0.252 e. The lowest BCUT2D eigenvalue weighted by molar-refractivity contribution is 0.305. The highest BCUT2D eigenvalue weighted by atomic mass is 79.9. The fraction of sp³-hybridized carbons (Fsp3) is 0.714. The second-order valence-electron chi connectivity index (χ2n) is 5.92. The summed E-state index contributed by atoms with van der Waals surface area (Å²) in [6.45, 7) is 4.84. The molecule has 120 valence electrons. The van der Waals surface area contributed by atoms with Crippen LogP contribution in [-0.2, 0) is 10.0 Å². The Bertz CT molecular complexity index is 560. The Morgan fingerprint density at radius 3 is 2.52 bits per heavy atom. The predicted octanol–water partition coefficient (Wildman–Crippen LogP) is 5.14. The first kappa shape index (κ1) is 17.7. The van der Waals surface area contributed by atoms with E-state index in [-0.39, 0.29) is 6.04 Å². The van der Waals surface area contributed by atoms with Gasteiger partial charge in [-0.1, -0.05) is 38.3 Å². The van der Waals surface area contributed by atoms with Gasteiger partial charge in [-0.15, -0.1) is 11.3 Å². The van der Waals surface area contributed by atoms with Crippen molar-refractivity contribution in [1.82, 2.24) is 4.31 Å². The minimum Gasteiger partial charge on any atom is -0.206 e. The number of sulfonamides is 1. The summed E-state index contributed by atoms with van der Waals surface area (Å²) >= 11 is 10.5. The van der Waals surface area contributed by atoms with E-state index in [1.165, 1.54) is 11.3 Å². The van der Waals surface area contributed by atoms with Crippen LogP contribution in [-0.4, -0.2) is 25.3 Å². The SMILES string of the molecule is CC(C)CCN(C1CCCC1)S(=O)(=O)c1cc(Cl)c(Br)s1. The van der Waals surface area contributed by atoms with Crippen LogP contribution in [0.3, 0.4) is 0 Å². The van der Waals surface area contributed by atoms with Crippen LogP contribution in [0, 0.1) is 5.92 Å². The molecule has 1 aliphatic rings. The fourth-order valence-electron chi connectivity index (χ4n) is 2.65. The average molecular weight is 415 g/mol. The third-order valence-electron chi connectivity index (χ3n) is 3.84. The van der Waals surface area contributed by atoms with Crippen LogP contribution in [0.5, 0.6) is 0 Å². The molecule has 0 bridgehead atoms. The topological polar surface area (TPSA) is 37.4 Å². The molecule has 1 aromatic rings. The molecule has 0 amide bonds. The summed E-state index contributed by atoms with van der Waals surface area (Å²) in [4.78, 5) is 0. The van der Waals surface area contributed by atoms with E-state index >= 15 is 0 Å². The van der Waals surface area contributed by atoms with Crippen LogP contribution >= 0.6 is 38.9 Å². The molecule has 0 radical (unpaired) electrons. The molecular weight excluding hydrogens is 394 g/mol. The molecule has 7 heteroatoms. The third-order valence-corrected chi connectivity index (χ3v) is 8.72. The summed E-state index contributed by atoms with van der Waals surface area (Å²) in [5, 5.41) is 0.466. The van der Waals surface area contributed by atoms with Crippen molar-refractivity contribution in [2.24, 2.45) is 5.92 Å². The molecule has 0 aliphatic heterocycles. The summed E-state index contributed by atoms with van der Waals surface area (Å²) in [7, 11) is -3.44. The molecule has 2 rings (SSSR count). The molecule has 1 aromatic heterocycles. The molecular formula is C14H21BrClNO2S2. The van der Waals surface area contributed by atoms with Crippen molar-refractivity contribution >= 4 is 48.9 Å². The Labute approximate surface area is 144 Å². The number of thiophene rings is 1. The summed E-state index contributed by atoms with van der Waals surface area (Å²) in [5.74, 6) is 0.489. The normalized spacial score (nSPS) is 17.2. The van der Waals surface area contributed by atoms with E-state index in [2.05, 4.69) is 29.8 Å². The van der Waals surface area contributed by atoms with Crippen LogP contribution < -0.4 is 0 Å². The molecule has 0 saturated heterocycles. The van der Waals surface area contributed by atoms with E-state index in [4.69, 9.17) is 11.6 Å². The summed E-state index contributed by atoms with van der Waals surface area (Å²) < 4.78 is 28.6. The number of rotatable bonds is 6. The molecule has 21 heavy (non-hydrogen) atoms. The number of halogens is 2. The predicted molar refractivity (Wildman–Crippen MR) is 92.6 cm³/mol. The Balaban J connectivity index is 2.28. The second kappa shape index (κ2) is 7.30. The van der Waals surface area contributed by atoms with E-state index in [9.17, 15) is 8.42 Å². The Hall–Kier alpha value is 0.380. The van der Waals surface area contributed by atoms with Gasteiger partial charge in [0, 0.05) is 12.6 Å². The van der Waals surface area contributed by atoms with Gasteiger partial charge in [0.1, 0.15) is 4.21 Å². The monoisotopic (exact) mass is 413 g/mol. The van der Waals surface area contributed by atoms with Gasteiger partial charge >= 0.3 is 0 Å². The Morgan fingerprint density at radius 1 is 1.43 bits per heavy atom. The Kier molecular flexibility index (Phi) is 6.16. The molecule has 1 heterocycles. The van der Waals surface area contributed by atoms with Crippen molar-refractivity contribution in [3.05, 3.63) is 14.9 Å². The first-order valence-electron chi connectivity index (χ1n) is 7.29. The van der Waals surface area contributed by atoms with Crippen LogP contribution in [0.4, 0.5) is 0 Å². The summed E-state index contributed by atoms with van der Waals surface area (Å²) in [5.41, 5.74) is 0. The van der Waals surface area contributed by atoms with Crippen molar-refractivity contribution in [2.75, 3.05) is 6.54 Å². The average Bonchev–Trinajstić information content (AvgIpc) is 3.01. The van der Waals surface area contributed by atoms with Gasteiger partial charge in [-0.25, -0.2) is 8.42 Å². The molecule has 1 aliphatic carbocycles. The fourth-order valence-corrected chi connectivity index (χ4v) is 6.87. The maximum absolute atomic E-state index is 13.0. The van der Waals surface area contributed by atoms with E-state index in [1.54, 1.807) is 10.4 Å². The highest BCUT2D eigenvalue weighted by molar-refractivity contribution is 9.11. The molecule has 0 unspecified atom stereocenters. The van der Waals surface area contributed by atoms with E-state index in [1.807, 2.05) is 0 Å². The quantitative estimate of drug-likeness (QED) is 0.646. The zero-order chi connectivity index (χ0) is 15.6. The van der Waals surface area contributed by atoms with Gasteiger partial charge in [0.15, 0.2) is 0 Å². The second-order valence-corrected chi connectivity index (χ2v) is 10.8. The van der Waals surface area contributed by atoms with E-state index in [0.717, 1.165) is 32.1 Å². The van der Waals surface area contributed by atoms with Crippen LogP contribution in [0.2, 0.25) is 5.02 Å². The molecule has 0 spiro atoms. The Morgan fingerprint density at radius 2 is 2.05 bits per heavy atom. The number of nitrogens with zero attached hydrogens (tertiary/aromatic N) is 1. The zero-order valence-electron chi connectivity index (χ0n) is 12.3. The molecule has 0 aromatic carbocycles. The summed E-state index contributed by atoms with van der Waals surface area (Å²) in [6.07, 6.45) is 5.06. The van der Waals surface area contributed by atoms with Gasteiger partial charge in [-0.2, -0.15) is 4.31 Å². The lowest BCUT2D eigenvalue weighted by Gasteiger charge is -2.28. The smallest absolute Gasteiger partial charge is 0.206 e. The molecule has 1 fully saturated rings. The first-order chi connectivity index (χ1) is 9.82. The van der Waals surface area contributed by atoms with Gasteiger partial charge < -0.3 is 0 Å². The maximum atomic E-state index is 13.0. The van der Waals surface area contributed by atoms with Crippen molar-refractivity contribution in [1.29, 1.82) is 0 Å². The van der Waals surface area contributed by atoms with Crippen molar-refractivity contribution in [3.63, 3.8) is 0 Å². The molecule has 0 atom stereocenters. The van der Waals surface area contributed by atoms with Gasteiger partial charge in [0.25, 0.3) is 10.0 Å². The number of hydrogen-bond donors (Lipinski definition) is 0. The van der Waals surface area contributed by atoms with E-state index < -0.39 is 10.0 Å². The zero-order valence-corrected chi connectivity index (χ0v) is 16.3. The third kappa shape index (κ3) is 4.22. The standard InChI is InChI=1S/C14H21BrClNO2S2/c1-10(2)7-8-17(11-5-3-4-6-11)21(18,19)13-9-12(16)14(15)20-13/h9-11H,3-8H2,1-2H3. The largest absolute Gasteiger partial charge is 0.252 e. The lowest BCUT2D eigenvalue weighted by atomic mass is 10.1. The summed E-state index contributed by atoms with van der Waals surface area (Å²) in [6, 6.07) is 1.71. The van der Waals surface area contributed by atoms with Crippen LogP contribution in [0.15, 0.2) is 14.1 Å². The molecule has 3 nitrogen and oxygen atoms in total. The van der Waals surface area contributed by atoms with Gasteiger partial charge in [-0.05, 0) is 47.2 Å². The number of hydrogen-bond acceptors (Lipinski definition) is 3. The first-order valence-corrected chi connectivity index (χ1v) is 10.7. The van der Waals surface area contributed by atoms with Crippen LogP contribution in [0.1, 0.15) is 46.0 Å². The van der Waals surface area contributed by atoms with E-state index in [0.29, 0.717) is 25.5 Å². The minimum absolute atomic E-state index is 0.147. The highest BCUT2D eigenvalue weighted by Crippen LogP contribution is 2.38. The van der Waals surface area contributed by atoms with Crippen molar-refractivity contribution in [3.8, 4) is 0 Å². The van der Waals surface area contributed by atoms with Crippen molar-refractivity contribution < 1.29 is 8.42 Å². The van der Waals surface area contributed by atoms with Crippen LogP contribution in [0.25, 0.3) is 0 Å². The molecule has 1 saturated carbocycles. The van der Waals surface area contributed by atoms with Gasteiger partial charge in [-0.3, -0.25) is 0 Å². The van der Waals surface area contributed by atoms with Crippen molar-refractivity contribution in [2.45, 2.75) is 56.2 Å². The van der Waals surface area contributed by atoms with Gasteiger partial charge in [0.2, 0.25) is 0 Å².